The molecule has 0 aliphatic carbocycles. The molecule has 0 unspecified atom stereocenters. The summed E-state index contributed by atoms with van der Waals surface area (Å²) in [6.07, 6.45) is 0. The van der Waals surface area contributed by atoms with Crippen molar-refractivity contribution in [2.45, 2.75) is 0 Å². The van der Waals surface area contributed by atoms with Crippen LogP contribution in [0.3, 0.4) is 0 Å². The van der Waals surface area contributed by atoms with E-state index in [4.69, 9.17) is 47.1 Å². The molecule has 2 nitrogen and oxygen atoms in total. The van der Waals surface area contributed by atoms with Crippen LogP contribution in [-0.4, -0.2) is 11.6 Å². The molecule has 0 aliphatic rings. The fraction of sp³-hybridized carbons (Fsp3) is 0. The maximum Gasteiger partial charge on any atom is 0 e. The molecule has 0 aromatic heterocycles. The molecule has 0 rings (SSSR count). The molecule has 0 aromatic carbocycles. The Morgan fingerprint density at radius 3 is 1.22 bits per heavy atom. The summed E-state index contributed by atoms with van der Waals surface area (Å²) in [5, 5.41) is 6.89. The summed E-state index contributed by atoms with van der Waals surface area (Å²) < 4.78 is 0. The molecule has 0 saturated carbocycles. The molecular formula is CH2Cl4O2Ti2. The van der Waals surface area contributed by atoms with Gasteiger partial charge in [-0.15, -0.1) is 0 Å². The van der Waals surface area contributed by atoms with E-state index < -0.39 is 12.3 Å². The number of carbonyl (C=O) groups is 1. The average molecular weight is 284 g/mol. The predicted molar refractivity (Wildman–Crippen MR) is 32.1 cm³/mol. The second-order valence-corrected chi connectivity index (χ2v) is 16.0. The zero-order valence-electron chi connectivity index (χ0n) is 3.94. The third-order valence-electron chi connectivity index (χ3n) is 0. The quantitative estimate of drug-likeness (QED) is 0.548. The van der Waals surface area contributed by atoms with Crippen molar-refractivity contribution in [1.29, 1.82) is 0 Å². The van der Waals surface area contributed by atoms with Gasteiger partial charge < -0.3 is 5.11 Å². The number of rotatable bonds is 0. The first kappa shape index (κ1) is 17.2. The maximum atomic E-state index is 8.36. The molecule has 0 heterocycles. The Balaban J connectivity index is -0.0000000800. The van der Waals surface area contributed by atoms with Crippen LogP contribution in [0.2, 0.25) is 0 Å². The van der Waals surface area contributed by atoms with Crippen LogP contribution in [-0.2, 0) is 38.9 Å². The maximum absolute atomic E-state index is 8.36. The largest absolute Gasteiger partial charge is 0 e. The van der Waals surface area contributed by atoms with Crippen LogP contribution in [0.1, 0.15) is 0 Å². The third kappa shape index (κ3) is 154. The van der Waals surface area contributed by atoms with Crippen LogP contribution in [0.4, 0.5) is 0 Å². The van der Waals surface area contributed by atoms with Gasteiger partial charge in [-0.2, -0.15) is 0 Å². The fourth-order valence-electron chi connectivity index (χ4n) is 0. The number of hydrogen-bond acceptors (Lipinski definition) is 1. The molecule has 0 saturated heterocycles. The Hall–Kier alpha value is 2.06. The van der Waals surface area contributed by atoms with Gasteiger partial charge in [0, 0.05) is 21.7 Å². The molecule has 0 atom stereocenters. The Morgan fingerprint density at radius 1 is 1.22 bits per heavy atom. The van der Waals surface area contributed by atoms with Crippen LogP contribution < -0.4 is 0 Å². The Bertz CT molecular complexity index is 56.1. The molecule has 0 spiro atoms. The summed E-state index contributed by atoms with van der Waals surface area (Å²) >= 11 is -3.11. The summed E-state index contributed by atoms with van der Waals surface area (Å²) in [6.45, 7) is -0.250. The summed E-state index contributed by atoms with van der Waals surface area (Å²) in [5.74, 6) is 0. The van der Waals surface area contributed by atoms with Gasteiger partial charge in [-0.25, -0.2) is 0 Å². The van der Waals surface area contributed by atoms with E-state index in [-0.39, 0.29) is 28.2 Å². The molecule has 0 fully saturated rings. The summed E-state index contributed by atoms with van der Waals surface area (Å²) in [5.41, 5.74) is 0. The normalized spacial score (nSPS) is 8.00. The van der Waals surface area contributed by atoms with Gasteiger partial charge in [0.05, 0.1) is 0 Å². The Morgan fingerprint density at radius 2 is 1.22 bits per heavy atom. The van der Waals surface area contributed by atoms with Crippen molar-refractivity contribution < 1.29 is 44.0 Å². The average Bonchev–Trinajstić information content (AvgIpc) is 1.27. The predicted octanol–water partition coefficient (Wildman–Crippen LogP) is 2.45. The SMILES string of the molecule is O=CO.[Cl][Ti]([Cl])([Cl])[Cl].[Ti]. The number of carboxylic acid groups (broad SMARTS) is 1. The zero-order valence-corrected chi connectivity index (χ0v) is 10.1. The summed E-state index contributed by atoms with van der Waals surface area (Å²) in [7, 11) is 20.1. The smallest absolute Gasteiger partial charge is 0 e. The van der Waals surface area contributed by atoms with E-state index in [0.717, 1.165) is 0 Å². The van der Waals surface area contributed by atoms with Gasteiger partial charge in [0.1, 0.15) is 0 Å². The van der Waals surface area contributed by atoms with Crippen LogP contribution in [0.5, 0.6) is 0 Å². The Kier molecular flexibility index (Phi) is 19.3. The van der Waals surface area contributed by atoms with Gasteiger partial charge in [0.2, 0.25) is 0 Å². The minimum absolute atomic E-state index is 0. The van der Waals surface area contributed by atoms with Gasteiger partial charge >= 0.3 is 49.6 Å². The van der Waals surface area contributed by atoms with Gasteiger partial charge in [-0.1, -0.05) is 0 Å². The zero-order chi connectivity index (χ0) is 7.21. The molecule has 9 heavy (non-hydrogen) atoms. The fourth-order valence-corrected chi connectivity index (χ4v) is 0. The van der Waals surface area contributed by atoms with Crippen molar-refractivity contribution in [3.63, 3.8) is 0 Å². The van der Waals surface area contributed by atoms with E-state index in [1.165, 1.54) is 0 Å². The molecule has 8 heteroatoms. The summed E-state index contributed by atoms with van der Waals surface area (Å²) in [4.78, 5) is 8.36. The molecule has 0 aliphatic heterocycles. The van der Waals surface area contributed by atoms with Crippen LogP contribution in [0, 0.1) is 0 Å². The van der Waals surface area contributed by atoms with Gasteiger partial charge in [0.25, 0.3) is 6.47 Å². The molecular weight excluding hydrogens is 282 g/mol. The van der Waals surface area contributed by atoms with Gasteiger partial charge in [-0.3, -0.25) is 4.79 Å². The summed E-state index contributed by atoms with van der Waals surface area (Å²) in [6, 6.07) is 0. The van der Waals surface area contributed by atoms with Crippen molar-refractivity contribution in [2.24, 2.45) is 0 Å². The molecule has 1 N–H and O–H groups in total. The minimum atomic E-state index is -3.11. The van der Waals surface area contributed by atoms with Crippen molar-refractivity contribution in [3.8, 4) is 0 Å². The van der Waals surface area contributed by atoms with Crippen LogP contribution >= 0.6 is 37.2 Å². The van der Waals surface area contributed by atoms with Crippen LogP contribution in [0.15, 0.2) is 0 Å². The van der Waals surface area contributed by atoms with E-state index in [0.29, 0.717) is 0 Å². The van der Waals surface area contributed by atoms with E-state index in [1.54, 1.807) is 0 Å². The third-order valence-corrected chi connectivity index (χ3v) is 0. The second-order valence-electron chi connectivity index (χ2n) is 0.534. The Labute approximate surface area is 86.5 Å². The first-order valence-electron chi connectivity index (χ1n) is 1.25. The van der Waals surface area contributed by atoms with Crippen LogP contribution in [0.25, 0.3) is 0 Å². The van der Waals surface area contributed by atoms with Gasteiger partial charge in [0.15, 0.2) is 0 Å². The van der Waals surface area contributed by atoms with E-state index in [2.05, 4.69) is 0 Å². The number of hydrogen-bond donors (Lipinski definition) is 1. The first-order valence-corrected chi connectivity index (χ1v) is 9.84. The van der Waals surface area contributed by atoms with Gasteiger partial charge in [-0.05, 0) is 0 Å². The van der Waals surface area contributed by atoms with Crippen molar-refractivity contribution in [1.82, 2.24) is 0 Å². The molecule has 0 radical (unpaired) electrons. The monoisotopic (exact) mass is 282 g/mol. The number of halogens is 4. The molecule has 0 amide bonds. The minimum Gasteiger partial charge on any atom is 0 e. The van der Waals surface area contributed by atoms with E-state index in [1.807, 2.05) is 0 Å². The van der Waals surface area contributed by atoms with E-state index >= 15 is 0 Å². The standard InChI is InChI=1S/CH2O2.4ClH.2Ti/c2-1-3;;;;;;/h1H,(H,2,3);4*1H;;/q;;;;;;+4/p-4. The van der Waals surface area contributed by atoms with Crippen molar-refractivity contribution >= 4 is 43.7 Å². The first-order chi connectivity index (χ1) is 3.41. The molecule has 0 aromatic rings. The van der Waals surface area contributed by atoms with Crippen molar-refractivity contribution in [2.75, 3.05) is 0 Å². The topological polar surface area (TPSA) is 37.3 Å². The van der Waals surface area contributed by atoms with E-state index in [9.17, 15) is 0 Å². The molecule has 54 valence electrons. The van der Waals surface area contributed by atoms with Crippen molar-refractivity contribution in [3.05, 3.63) is 0 Å². The molecule has 0 bridgehead atoms. The second kappa shape index (κ2) is 10.1.